The summed E-state index contributed by atoms with van der Waals surface area (Å²) < 4.78 is 0. The summed E-state index contributed by atoms with van der Waals surface area (Å²) in [6.45, 7) is 3.04. The summed E-state index contributed by atoms with van der Waals surface area (Å²) in [6, 6.07) is 23.8. The number of hydrogen-bond acceptors (Lipinski definition) is 3. The van der Waals surface area contributed by atoms with E-state index in [0.717, 1.165) is 30.7 Å². The minimum absolute atomic E-state index is 0.933. The quantitative estimate of drug-likeness (QED) is 0.537. The largest absolute Gasteiger partial charge is 0.291 e. The maximum absolute atomic E-state index is 4.43. The molecule has 0 radical (unpaired) electrons. The summed E-state index contributed by atoms with van der Waals surface area (Å²) in [5.41, 5.74) is 8.53. The highest BCUT2D eigenvalue weighted by molar-refractivity contribution is 5.81. The van der Waals surface area contributed by atoms with E-state index in [1.807, 2.05) is 6.07 Å². The van der Waals surface area contributed by atoms with E-state index in [1.54, 1.807) is 12.4 Å². The highest BCUT2D eigenvalue weighted by Crippen LogP contribution is 2.27. The van der Waals surface area contributed by atoms with Crippen molar-refractivity contribution in [2.45, 2.75) is 19.6 Å². The van der Waals surface area contributed by atoms with Gasteiger partial charge in [0.1, 0.15) is 0 Å². The number of hydrogen-bond donors (Lipinski definition) is 0. The van der Waals surface area contributed by atoms with Crippen molar-refractivity contribution in [3.05, 3.63) is 95.8 Å². The van der Waals surface area contributed by atoms with Crippen molar-refractivity contribution < 1.29 is 0 Å². The SMILES string of the molecule is c1cc(CN2Cc3ccccc3C2)cc(-c2ccc3nccnc3c2)c1. The molecule has 26 heavy (non-hydrogen) atoms. The number of rotatable bonds is 3. The minimum atomic E-state index is 0.933. The Morgan fingerprint density at radius 3 is 2.23 bits per heavy atom. The summed E-state index contributed by atoms with van der Waals surface area (Å²) >= 11 is 0. The lowest BCUT2D eigenvalue weighted by Crippen LogP contribution is -2.15. The Bertz CT molecular complexity index is 1060. The third-order valence-corrected chi connectivity index (χ3v) is 5.04. The Morgan fingerprint density at radius 1 is 0.692 bits per heavy atom. The van der Waals surface area contributed by atoms with Crippen molar-refractivity contribution in [2.75, 3.05) is 0 Å². The standard InChI is InChI=1S/C23H19N3/c1-2-6-21-16-26(15-20(21)5-1)14-17-4-3-7-18(12-17)19-8-9-22-23(13-19)25-11-10-24-22/h1-13H,14-16H2. The number of nitrogens with zero attached hydrogens (tertiary/aromatic N) is 3. The molecule has 3 nitrogen and oxygen atoms in total. The van der Waals surface area contributed by atoms with E-state index in [9.17, 15) is 0 Å². The van der Waals surface area contributed by atoms with Crippen LogP contribution in [0.25, 0.3) is 22.2 Å². The first kappa shape index (κ1) is 15.2. The van der Waals surface area contributed by atoms with Crippen LogP contribution in [0.5, 0.6) is 0 Å². The predicted molar refractivity (Wildman–Crippen MR) is 104 cm³/mol. The molecule has 0 saturated carbocycles. The molecule has 1 aliphatic rings. The molecule has 0 unspecified atom stereocenters. The van der Waals surface area contributed by atoms with Gasteiger partial charge in [0.2, 0.25) is 0 Å². The summed E-state index contributed by atoms with van der Waals surface area (Å²) in [6.07, 6.45) is 3.48. The van der Waals surface area contributed by atoms with Gasteiger partial charge >= 0.3 is 0 Å². The lowest BCUT2D eigenvalue weighted by Gasteiger charge is -2.15. The summed E-state index contributed by atoms with van der Waals surface area (Å²) in [5.74, 6) is 0. The van der Waals surface area contributed by atoms with Crippen LogP contribution in [0, 0.1) is 0 Å². The van der Waals surface area contributed by atoms with Crippen LogP contribution in [0.2, 0.25) is 0 Å². The second kappa shape index (κ2) is 6.36. The van der Waals surface area contributed by atoms with Crippen LogP contribution in [0.1, 0.15) is 16.7 Å². The van der Waals surface area contributed by atoms with Crippen LogP contribution >= 0.6 is 0 Å². The molecule has 1 aliphatic heterocycles. The van der Waals surface area contributed by atoms with Gasteiger partial charge in [0.05, 0.1) is 11.0 Å². The Balaban J connectivity index is 1.40. The minimum Gasteiger partial charge on any atom is -0.291 e. The second-order valence-electron chi connectivity index (χ2n) is 6.87. The monoisotopic (exact) mass is 337 g/mol. The molecule has 1 aromatic heterocycles. The van der Waals surface area contributed by atoms with Gasteiger partial charge < -0.3 is 0 Å². The third-order valence-electron chi connectivity index (χ3n) is 5.04. The number of benzene rings is 3. The predicted octanol–water partition coefficient (Wildman–Crippen LogP) is 4.81. The smallest absolute Gasteiger partial charge is 0.0892 e. The van der Waals surface area contributed by atoms with Gasteiger partial charge in [0, 0.05) is 32.0 Å². The van der Waals surface area contributed by atoms with Crippen molar-refractivity contribution in [1.29, 1.82) is 0 Å². The molecule has 3 heteroatoms. The molecule has 126 valence electrons. The van der Waals surface area contributed by atoms with Crippen LogP contribution in [0.3, 0.4) is 0 Å². The second-order valence-corrected chi connectivity index (χ2v) is 6.87. The van der Waals surface area contributed by atoms with Crippen molar-refractivity contribution in [3.63, 3.8) is 0 Å². The molecular formula is C23H19N3. The van der Waals surface area contributed by atoms with Gasteiger partial charge in [0.15, 0.2) is 0 Å². The molecule has 2 heterocycles. The van der Waals surface area contributed by atoms with Crippen LogP contribution in [0.15, 0.2) is 79.1 Å². The normalized spacial score (nSPS) is 13.8. The lowest BCUT2D eigenvalue weighted by molar-refractivity contribution is 0.275. The van der Waals surface area contributed by atoms with E-state index >= 15 is 0 Å². The fraction of sp³-hybridized carbons (Fsp3) is 0.130. The van der Waals surface area contributed by atoms with Gasteiger partial charge in [-0.3, -0.25) is 14.9 Å². The zero-order valence-corrected chi connectivity index (χ0v) is 14.5. The van der Waals surface area contributed by atoms with Crippen LogP contribution in [-0.4, -0.2) is 14.9 Å². The fourth-order valence-corrected chi connectivity index (χ4v) is 3.77. The van der Waals surface area contributed by atoms with Crippen molar-refractivity contribution in [1.82, 2.24) is 14.9 Å². The topological polar surface area (TPSA) is 29.0 Å². The van der Waals surface area contributed by atoms with E-state index in [0.29, 0.717) is 0 Å². The van der Waals surface area contributed by atoms with Crippen molar-refractivity contribution in [2.24, 2.45) is 0 Å². The van der Waals surface area contributed by atoms with Crippen LogP contribution < -0.4 is 0 Å². The van der Waals surface area contributed by atoms with Gasteiger partial charge in [-0.25, -0.2) is 0 Å². The van der Waals surface area contributed by atoms with Crippen molar-refractivity contribution >= 4 is 11.0 Å². The third kappa shape index (κ3) is 2.87. The van der Waals surface area contributed by atoms with E-state index in [-0.39, 0.29) is 0 Å². The molecule has 0 atom stereocenters. The zero-order valence-electron chi connectivity index (χ0n) is 14.5. The van der Waals surface area contributed by atoms with Gasteiger partial charge in [-0.05, 0) is 46.0 Å². The molecule has 0 N–H and O–H groups in total. The molecular weight excluding hydrogens is 318 g/mol. The molecule has 0 amide bonds. The molecule has 0 fully saturated rings. The Morgan fingerprint density at radius 2 is 1.42 bits per heavy atom. The van der Waals surface area contributed by atoms with Gasteiger partial charge in [0.25, 0.3) is 0 Å². The lowest BCUT2D eigenvalue weighted by atomic mass is 10.0. The van der Waals surface area contributed by atoms with Gasteiger partial charge in [-0.1, -0.05) is 48.5 Å². The average molecular weight is 337 g/mol. The first-order valence-electron chi connectivity index (χ1n) is 8.94. The van der Waals surface area contributed by atoms with E-state index in [2.05, 4.69) is 75.5 Å². The Kier molecular flexibility index (Phi) is 3.72. The molecule has 0 spiro atoms. The van der Waals surface area contributed by atoms with Gasteiger partial charge in [-0.2, -0.15) is 0 Å². The highest BCUT2D eigenvalue weighted by atomic mass is 15.1. The van der Waals surface area contributed by atoms with E-state index < -0.39 is 0 Å². The average Bonchev–Trinajstić information content (AvgIpc) is 3.10. The van der Waals surface area contributed by atoms with E-state index in [4.69, 9.17) is 0 Å². The number of aromatic nitrogens is 2. The fourth-order valence-electron chi connectivity index (χ4n) is 3.77. The number of fused-ring (bicyclic) bond motifs is 2. The highest BCUT2D eigenvalue weighted by Gasteiger charge is 2.18. The first-order valence-corrected chi connectivity index (χ1v) is 8.94. The zero-order chi connectivity index (χ0) is 17.3. The maximum Gasteiger partial charge on any atom is 0.0892 e. The van der Waals surface area contributed by atoms with Gasteiger partial charge in [-0.15, -0.1) is 0 Å². The molecule has 4 aromatic rings. The molecule has 0 bridgehead atoms. The summed E-state index contributed by atoms with van der Waals surface area (Å²) in [7, 11) is 0. The first-order chi connectivity index (χ1) is 12.8. The molecule has 5 rings (SSSR count). The van der Waals surface area contributed by atoms with Crippen LogP contribution in [0.4, 0.5) is 0 Å². The Hall–Kier alpha value is -3.04. The molecule has 0 aliphatic carbocycles. The van der Waals surface area contributed by atoms with Crippen molar-refractivity contribution in [3.8, 4) is 11.1 Å². The molecule has 3 aromatic carbocycles. The van der Waals surface area contributed by atoms with Crippen LogP contribution in [-0.2, 0) is 19.6 Å². The Labute approximate surface area is 153 Å². The summed E-state index contributed by atoms with van der Waals surface area (Å²) in [4.78, 5) is 11.3. The van der Waals surface area contributed by atoms with E-state index in [1.165, 1.54) is 27.8 Å². The maximum atomic E-state index is 4.43. The molecule has 0 saturated heterocycles. The summed E-state index contributed by atoms with van der Waals surface area (Å²) in [5, 5.41) is 0.